The van der Waals surface area contributed by atoms with Crippen LogP contribution >= 0.6 is 0 Å². The predicted octanol–water partition coefficient (Wildman–Crippen LogP) is 1.88. The summed E-state index contributed by atoms with van der Waals surface area (Å²) in [7, 11) is 0. The van der Waals surface area contributed by atoms with Gasteiger partial charge in [-0.25, -0.2) is 4.58 Å². The summed E-state index contributed by atoms with van der Waals surface area (Å²) in [6, 6.07) is 7.70. The maximum Gasteiger partial charge on any atom is 0.155 e. The van der Waals surface area contributed by atoms with Gasteiger partial charge in [0, 0.05) is 19.3 Å². The van der Waals surface area contributed by atoms with E-state index in [2.05, 4.69) is 10.8 Å². The molecule has 1 saturated heterocycles. The van der Waals surface area contributed by atoms with Gasteiger partial charge in [-0.3, -0.25) is 0 Å². The highest BCUT2D eigenvalue weighted by Gasteiger charge is 2.46. The van der Waals surface area contributed by atoms with Crippen molar-refractivity contribution in [2.45, 2.75) is 43.7 Å². The second-order valence-electron chi connectivity index (χ2n) is 5.81. The largest absolute Gasteiger partial charge is 0.508 e. The van der Waals surface area contributed by atoms with E-state index in [1.807, 2.05) is 19.1 Å². The van der Waals surface area contributed by atoms with Crippen LogP contribution in [0.3, 0.4) is 0 Å². The molecule has 0 aliphatic carbocycles. The van der Waals surface area contributed by atoms with Gasteiger partial charge in [-0.2, -0.15) is 0 Å². The third-order valence-electron chi connectivity index (χ3n) is 4.33. The van der Waals surface area contributed by atoms with Crippen LogP contribution in [0.4, 0.5) is 0 Å². The molecule has 0 radical (unpaired) electrons. The lowest BCUT2D eigenvalue weighted by Gasteiger charge is -2.34. The van der Waals surface area contributed by atoms with Crippen LogP contribution in [0.5, 0.6) is 5.75 Å². The molecule has 3 heteroatoms. The maximum atomic E-state index is 10.7. The zero-order valence-corrected chi connectivity index (χ0v) is 10.7. The molecule has 2 aliphatic heterocycles. The smallest absolute Gasteiger partial charge is 0.155 e. The fraction of sp³-hybridized carbons (Fsp3) is 0.533. The van der Waals surface area contributed by atoms with Crippen molar-refractivity contribution in [1.29, 1.82) is 0 Å². The Kier molecular flexibility index (Phi) is 2.67. The summed E-state index contributed by atoms with van der Waals surface area (Å²) in [6.07, 6.45) is 5.43. The average Bonchev–Trinajstić information content (AvgIpc) is 2.74. The van der Waals surface area contributed by atoms with Gasteiger partial charge in [-0.15, -0.1) is 0 Å². The highest BCUT2D eigenvalue weighted by atomic mass is 16.3. The molecule has 3 rings (SSSR count). The van der Waals surface area contributed by atoms with Crippen molar-refractivity contribution in [2.75, 3.05) is 6.54 Å². The zero-order valence-electron chi connectivity index (χ0n) is 10.7. The van der Waals surface area contributed by atoms with E-state index in [9.17, 15) is 10.2 Å². The van der Waals surface area contributed by atoms with Gasteiger partial charge in [-0.05, 0) is 24.6 Å². The van der Waals surface area contributed by atoms with Gasteiger partial charge in [0.25, 0.3) is 0 Å². The van der Waals surface area contributed by atoms with Gasteiger partial charge < -0.3 is 10.2 Å². The first kappa shape index (κ1) is 11.7. The van der Waals surface area contributed by atoms with E-state index in [0.29, 0.717) is 6.04 Å². The van der Waals surface area contributed by atoms with Gasteiger partial charge >= 0.3 is 0 Å². The second-order valence-corrected chi connectivity index (χ2v) is 5.81. The first-order chi connectivity index (χ1) is 8.56. The second kappa shape index (κ2) is 4.09. The number of phenolic OH excluding ortho intramolecular Hbond substituents is 1. The van der Waals surface area contributed by atoms with Crippen molar-refractivity contribution in [1.82, 2.24) is 0 Å². The van der Waals surface area contributed by atoms with Crippen LogP contribution in [0, 0.1) is 0 Å². The fourth-order valence-corrected chi connectivity index (χ4v) is 3.36. The van der Waals surface area contributed by atoms with Crippen LogP contribution in [0.15, 0.2) is 24.3 Å². The summed E-state index contributed by atoms with van der Waals surface area (Å²) in [4.78, 5) is 0. The molecule has 0 aromatic heterocycles. The number of hydrogen-bond donors (Lipinski definition) is 2. The molecule has 0 amide bonds. The van der Waals surface area contributed by atoms with Crippen molar-refractivity contribution < 1.29 is 14.8 Å². The molecule has 0 bridgehead atoms. The Morgan fingerprint density at radius 3 is 2.72 bits per heavy atom. The van der Waals surface area contributed by atoms with E-state index in [4.69, 9.17) is 0 Å². The zero-order chi connectivity index (χ0) is 12.8. The number of benzene rings is 1. The Hall–Kier alpha value is -1.35. The van der Waals surface area contributed by atoms with E-state index in [1.54, 1.807) is 12.1 Å². The Labute approximate surface area is 107 Å². The third kappa shape index (κ3) is 1.93. The minimum atomic E-state index is -0.692. The number of fused-ring (bicyclic) bond motifs is 1. The van der Waals surface area contributed by atoms with Crippen molar-refractivity contribution in [3.05, 3.63) is 29.8 Å². The minimum absolute atomic E-state index is 0.0208. The number of aliphatic hydroxyl groups is 1. The minimum Gasteiger partial charge on any atom is -0.508 e. The number of rotatable bonds is 1. The monoisotopic (exact) mass is 246 g/mol. The van der Waals surface area contributed by atoms with Gasteiger partial charge in [0.15, 0.2) is 6.04 Å². The van der Waals surface area contributed by atoms with Gasteiger partial charge in [-0.1, -0.05) is 12.1 Å². The van der Waals surface area contributed by atoms with E-state index in [-0.39, 0.29) is 11.7 Å². The first-order valence-corrected chi connectivity index (χ1v) is 6.68. The molecular weight excluding hydrogens is 226 g/mol. The molecule has 2 aliphatic rings. The van der Waals surface area contributed by atoms with E-state index < -0.39 is 5.60 Å². The van der Waals surface area contributed by atoms with Crippen molar-refractivity contribution in [3.63, 3.8) is 0 Å². The Morgan fingerprint density at radius 1 is 1.28 bits per heavy atom. The molecule has 2 heterocycles. The molecule has 1 aromatic carbocycles. The number of hydrogen-bond acceptors (Lipinski definition) is 2. The Balaban J connectivity index is 1.98. The van der Waals surface area contributed by atoms with Crippen molar-refractivity contribution >= 4 is 6.21 Å². The Morgan fingerprint density at radius 2 is 2.00 bits per heavy atom. The molecule has 1 aromatic rings. The summed E-state index contributed by atoms with van der Waals surface area (Å²) in [5, 5.41) is 20.0. The topological polar surface area (TPSA) is 43.5 Å². The van der Waals surface area contributed by atoms with Crippen LogP contribution in [-0.4, -0.2) is 39.2 Å². The lowest BCUT2D eigenvalue weighted by molar-refractivity contribution is -0.551. The SMILES string of the molecule is CC1(O)C[C@@H]2CCC[N+]2=CC1c1ccc(O)cc1. The highest BCUT2D eigenvalue weighted by molar-refractivity contribution is 5.66. The molecule has 0 spiro atoms. The van der Waals surface area contributed by atoms with Crippen LogP contribution in [0.1, 0.15) is 37.7 Å². The molecule has 3 nitrogen and oxygen atoms in total. The van der Waals surface area contributed by atoms with Crippen molar-refractivity contribution in [3.8, 4) is 5.75 Å². The standard InChI is InChI=1S/C15H19NO2/c1-15(18)9-12-3-2-8-16(12)10-14(15)11-4-6-13(17)7-5-11/h4-7,10,12,14,18H,2-3,8-9H2,1H3/p+1/t12-,14?,15?/m0/s1. The molecule has 2 N–H and O–H groups in total. The number of aromatic hydroxyl groups is 1. The first-order valence-electron chi connectivity index (χ1n) is 6.68. The van der Waals surface area contributed by atoms with Crippen LogP contribution in [-0.2, 0) is 0 Å². The van der Waals surface area contributed by atoms with E-state index in [0.717, 1.165) is 18.5 Å². The molecule has 18 heavy (non-hydrogen) atoms. The van der Waals surface area contributed by atoms with E-state index >= 15 is 0 Å². The van der Waals surface area contributed by atoms with Gasteiger partial charge in [0.1, 0.15) is 18.5 Å². The lowest BCUT2D eigenvalue weighted by atomic mass is 9.77. The normalized spacial score (nSPS) is 35.1. The summed E-state index contributed by atoms with van der Waals surface area (Å²) >= 11 is 0. The maximum absolute atomic E-state index is 10.7. The van der Waals surface area contributed by atoms with Gasteiger partial charge in [0.05, 0.1) is 11.5 Å². The molecule has 96 valence electrons. The summed E-state index contributed by atoms with van der Waals surface area (Å²) in [5.74, 6) is 0.292. The molecule has 3 atom stereocenters. The molecule has 2 unspecified atom stereocenters. The molecular formula is C15H20NO2+. The van der Waals surface area contributed by atoms with Crippen LogP contribution < -0.4 is 0 Å². The number of phenols is 1. The van der Waals surface area contributed by atoms with Crippen LogP contribution in [0.2, 0.25) is 0 Å². The molecule has 0 saturated carbocycles. The average molecular weight is 246 g/mol. The summed E-state index contributed by atoms with van der Waals surface area (Å²) in [5.41, 5.74) is 0.380. The predicted molar refractivity (Wildman–Crippen MR) is 70.3 cm³/mol. The van der Waals surface area contributed by atoms with Gasteiger partial charge in [0.2, 0.25) is 0 Å². The fourth-order valence-electron chi connectivity index (χ4n) is 3.36. The van der Waals surface area contributed by atoms with Crippen LogP contribution in [0.25, 0.3) is 0 Å². The summed E-state index contributed by atoms with van der Waals surface area (Å²) < 4.78 is 2.38. The Bertz CT molecular complexity index is 476. The summed E-state index contributed by atoms with van der Waals surface area (Å²) in [6.45, 7) is 3.03. The van der Waals surface area contributed by atoms with Crippen molar-refractivity contribution in [2.24, 2.45) is 0 Å². The van der Waals surface area contributed by atoms with E-state index in [1.165, 1.54) is 12.8 Å². The lowest BCUT2D eigenvalue weighted by Crippen LogP contribution is -2.45. The highest BCUT2D eigenvalue weighted by Crippen LogP contribution is 2.37. The molecule has 1 fully saturated rings. The number of nitrogens with zero attached hydrogens (tertiary/aromatic N) is 1. The third-order valence-corrected chi connectivity index (χ3v) is 4.33. The quantitative estimate of drug-likeness (QED) is 0.743.